The van der Waals surface area contributed by atoms with Gasteiger partial charge < -0.3 is 5.32 Å². The van der Waals surface area contributed by atoms with Gasteiger partial charge in [0.05, 0.1) is 10.0 Å². The van der Waals surface area contributed by atoms with Crippen LogP contribution >= 0.6 is 23.2 Å². The normalized spacial score (nSPS) is 18.3. The Morgan fingerprint density at radius 1 is 1.47 bits per heavy atom. The Morgan fingerprint density at radius 3 is 2.73 bits per heavy atom. The van der Waals surface area contributed by atoms with Crippen LogP contribution in [0.5, 0.6) is 0 Å². The third kappa shape index (κ3) is 2.56. The summed E-state index contributed by atoms with van der Waals surface area (Å²) in [6.45, 7) is 3.22. The van der Waals surface area contributed by atoms with Gasteiger partial charge in [-0.2, -0.15) is 0 Å². The molecule has 0 bridgehead atoms. The van der Waals surface area contributed by atoms with Gasteiger partial charge in [0.15, 0.2) is 0 Å². The number of pyridine rings is 1. The lowest BCUT2D eigenvalue weighted by Gasteiger charge is -2.38. The zero-order valence-electron chi connectivity index (χ0n) is 8.69. The topological polar surface area (TPSA) is 24.9 Å². The van der Waals surface area contributed by atoms with Crippen molar-refractivity contribution in [1.29, 1.82) is 0 Å². The summed E-state index contributed by atoms with van der Waals surface area (Å²) in [5.41, 5.74) is 0.421. The van der Waals surface area contributed by atoms with Crippen LogP contribution in [0.3, 0.4) is 0 Å². The van der Waals surface area contributed by atoms with E-state index in [0.717, 1.165) is 12.4 Å². The fraction of sp³-hybridized carbons (Fsp3) is 0.545. The van der Waals surface area contributed by atoms with Crippen molar-refractivity contribution in [3.63, 3.8) is 0 Å². The first-order valence-electron chi connectivity index (χ1n) is 5.14. The molecule has 15 heavy (non-hydrogen) atoms. The highest BCUT2D eigenvalue weighted by atomic mass is 35.5. The first-order valence-corrected chi connectivity index (χ1v) is 5.90. The van der Waals surface area contributed by atoms with Crippen LogP contribution in [0.15, 0.2) is 12.3 Å². The van der Waals surface area contributed by atoms with Crippen LogP contribution in [0, 0.1) is 5.41 Å². The maximum absolute atomic E-state index is 6.01. The second-order valence-corrected chi connectivity index (χ2v) is 5.35. The average Bonchev–Trinajstić information content (AvgIpc) is 2.14. The third-order valence-corrected chi connectivity index (χ3v) is 3.55. The van der Waals surface area contributed by atoms with Crippen LogP contribution < -0.4 is 5.32 Å². The first kappa shape index (κ1) is 11.0. The number of rotatable bonds is 3. The minimum atomic E-state index is 0.421. The van der Waals surface area contributed by atoms with Gasteiger partial charge in [0.2, 0.25) is 0 Å². The van der Waals surface area contributed by atoms with E-state index in [1.807, 2.05) is 0 Å². The van der Waals surface area contributed by atoms with Crippen molar-refractivity contribution in [1.82, 2.24) is 4.98 Å². The molecule has 2 rings (SSSR count). The lowest BCUT2D eigenvalue weighted by atomic mass is 9.70. The van der Waals surface area contributed by atoms with E-state index < -0.39 is 0 Å². The predicted octanol–water partition coefficient (Wildman–Crippen LogP) is 3.99. The summed E-state index contributed by atoms with van der Waals surface area (Å²) in [6.07, 6.45) is 5.51. The maximum atomic E-state index is 6.01. The SMILES string of the molecule is CC1(CNc2ncc(Cl)cc2Cl)CCC1. The van der Waals surface area contributed by atoms with Gasteiger partial charge in [0.25, 0.3) is 0 Å². The van der Waals surface area contributed by atoms with Crippen LogP contribution in [0.4, 0.5) is 5.82 Å². The molecule has 1 saturated carbocycles. The minimum Gasteiger partial charge on any atom is -0.368 e. The van der Waals surface area contributed by atoms with E-state index in [4.69, 9.17) is 23.2 Å². The number of nitrogens with one attached hydrogen (secondary N) is 1. The first-order chi connectivity index (χ1) is 7.09. The van der Waals surface area contributed by atoms with E-state index in [-0.39, 0.29) is 0 Å². The molecule has 1 heterocycles. The predicted molar refractivity (Wildman–Crippen MR) is 64.7 cm³/mol. The summed E-state index contributed by atoms with van der Waals surface area (Å²) in [5, 5.41) is 4.44. The second kappa shape index (κ2) is 4.18. The molecule has 82 valence electrons. The molecule has 0 atom stereocenters. The van der Waals surface area contributed by atoms with Crippen molar-refractivity contribution in [3.8, 4) is 0 Å². The fourth-order valence-electron chi connectivity index (χ4n) is 1.80. The Morgan fingerprint density at radius 2 is 2.20 bits per heavy atom. The van der Waals surface area contributed by atoms with Crippen molar-refractivity contribution >= 4 is 29.0 Å². The highest BCUT2D eigenvalue weighted by molar-refractivity contribution is 6.35. The molecule has 0 aromatic carbocycles. The molecular formula is C11H14Cl2N2. The summed E-state index contributed by atoms with van der Waals surface area (Å²) < 4.78 is 0. The summed E-state index contributed by atoms with van der Waals surface area (Å²) in [6, 6.07) is 1.71. The summed E-state index contributed by atoms with van der Waals surface area (Å²) in [7, 11) is 0. The van der Waals surface area contributed by atoms with Gasteiger partial charge in [-0.15, -0.1) is 0 Å². The lowest BCUT2D eigenvalue weighted by molar-refractivity contribution is 0.180. The number of nitrogens with zero attached hydrogens (tertiary/aromatic N) is 1. The van der Waals surface area contributed by atoms with Crippen LogP contribution in [0.1, 0.15) is 26.2 Å². The molecule has 1 fully saturated rings. The van der Waals surface area contributed by atoms with E-state index in [2.05, 4.69) is 17.2 Å². The number of aromatic nitrogens is 1. The molecule has 1 aliphatic rings. The molecule has 0 amide bonds. The van der Waals surface area contributed by atoms with Gasteiger partial charge in [-0.1, -0.05) is 36.5 Å². The molecule has 2 nitrogen and oxygen atoms in total. The average molecular weight is 245 g/mol. The molecule has 0 radical (unpaired) electrons. The Balaban J connectivity index is 1.98. The molecule has 1 aliphatic carbocycles. The monoisotopic (exact) mass is 244 g/mol. The van der Waals surface area contributed by atoms with Gasteiger partial charge in [0.1, 0.15) is 5.82 Å². The molecular weight excluding hydrogens is 231 g/mol. The second-order valence-electron chi connectivity index (χ2n) is 4.50. The Labute approximate surface area is 100.0 Å². The van der Waals surface area contributed by atoms with Gasteiger partial charge >= 0.3 is 0 Å². The molecule has 0 aliphatic heterocycles. The number of hydrogen-bond donors (Lipinski definition) is 1. The molecule has 0 spiro atoms. The van der Waals surface area contributed by atoms with E-state index in [1.54, 1.807) is 12.3 Å². The highest BCUT2D eigenvalue weighted by Gasteiger charge is 2.31. The molecule has 1 aromatic heterocycles. The number of halogens is 2. The molecule has 1 N–H and O–H groups in total. The smallest absolute Gasteiger partial charge is 0.144 e. The van der Waals surface area contributed by atoms with Crippen molar-refractivity contribution in [3.05, 3.63) is 22.3 Å². The lowest BCUT2D eigenvalue weighted by Crippen LogP contribution is -2.33. The Bertz CT molecular complexity index is 362. The minimum absolute atomic E-state index is 0.421. The van der Waals surface area contributed by atoms with Crippen molar-refractivity contribution in [2.45, 2.75) is 26.2 Å². The molecule has 4 heteroatoms. The summed E-state index contributed by atoms with van der Waals surface area (Å²) in [4.78, 5) is 4.16. The number of anilines is 1. The third-order valence-electron chi connectivity index (χ3n) is 3.05. The zero-order valence-corrected chi connectivity index (χ0v) is 10.2. The molecule has 0 unspecified atom stereocenters. The van der Waals surface area contributed by atoms with Crippen LogP contribution in [0.25, 0.3) is 0 Å². The van der Waals surface area contributed by atoms with E-state index >= 15 is 0 Å². The Hall–Kier alpha value is -0.470. The van der Waals surface area contributed by atoms with Gasteiger partial charge in [-0.25, -0.2) is 4.98 Å². The van der Waals surface area contributed by atoms with Crippen molar-refractivity contribution < 1.29 is 0 Å². The van der Waals surface area contributed by atoms with Crippen LogP contribution in [-0.2, 0) is 0 Å². The standard InChI is InChI=1S/C11H14Cl2N2/c1-11(3-2-4-11)7-15-10-9(13)5-8(12)6-14-10/h5-6H,2-4,7H2,1H3,(H,14,15). The van der Waals surface area contributed by atoms with Crippen LogP contribution in [-0.4, -0.2) is 11.5 Å². The zero-order chi connectivity index (χ0) is 10.9. The van der Waals surface area contributed by atoms with Crippen molar-refractivity contribution in [2.75, 3.05) is 11.9 Å². The van der Waals surface area contributed by atoms with E-state index in [1.165, 1.54) is 19.3 Å². The molecule has 1 aromatic rings. The van der Waals surface area contributed by atoms with Gasteiger partial charge in [-0.05, 0) is 24.3 Å². The number of hydrogen-bond acceptors (Lipinski definition) is 2. The maximum Gasteiger partial charge on any atom is 0.144 e. The fourth-order valence-corrected chi connectivity index (χ4v) is 2.25. The van der Waals surface area contributed by atoms with Crippen molar-refractivity contribution in [2.24, 2.45) is 5.41 Å². The highest BCUT2D eigenvalue weighted by Crippen LogP contribution is 2.40. The molecule has 0 saturated heterocycles. The Kier molecular flexibility index (Phi) is 3.08. The van der Waals surface area contributed by atoms with E-state index in [0.29, 0.717) is 15.5 Å². The summed E-state index contributed by atoms with van der Waals surface area (Å²) >= 11 is 11.8. The van der Waals surface area contributed by atoms with Gasteiger partial charge in [0, 0.05) is 12.7 Å². The van der Waals surface area contributed by atoms with Gasteiger partial charge in [-0.3, -0.25) is 0 Å². The quantitative estimate of drug-likeness (QED) is 0.870. The van der Waals surface area contributed by atoms with Crippen LogP contribution in [0.2, 0.25) is 10.0 Å². The summed E-state index contributed by atoms with van der Waals surface area (Å²) in [5.74, 6) is 0.731. The van der Waals surface area contributed by atoms with E-state index in [9.17, 15) is 0 Å². The largest absolute Gasteiger partial charge is 0.368 e.